The maximum atomic E-state index is 12.1. The first kappa shape index (κ1) is 19.4. The normalized spacial score (nSPS) is 12.5. The quantitative estimate of drug-likeness (QED) is 0.362. The van der Waals surface area contributed by atoms with Crippen LogP contribution in [0.1, 0.15) is 30.0 Å². The van der Waals surface area contributed by atoms with E-state index in [2.05, 4.69) is 21.0 Å². The fraction of sp³-hybridized carbons (Fsp3) is 0.200. The molecule has 0 saturated carbocycles. The molecule has 0 spiro atoms. The molecular weight excluding hydrogens is 341 g/mol. The lowest BCUT2D eigenvalue weighted by molar-refractivity contribution is -0.274. The van der Waals surface area contributed by atoms with Crippen molar-refractivity contribution in [3.63, 3.8) is 0 Å². The smallest absolute Gasteiger partial charge is 0.406 e. The Morgan fingerprint density at radius 2 is 1.42 bits per heavy atom. The zero-order valence-corrected chi connectivity index (χ0v) is 14.3. The average molecular weight is 360 g/mol. The molecule has 2 aromatic carbocycles. The van der Waals surface area contributed by atoms with Crippen LogP contribution in [0.3, 0.4) is 0 Å². The predicted octanol–water partition coefficient (Wildman–Crippen LogP) is 5.55. The Bertz CT molecular complexity index is 761. The molecule has 0 atom stereocenters. The molecule has 0 amide bonds. The fourth-order valence-corrected chi connectivity index (χ4v) is 2.14. The zero-order chi connectivity index (χ0) is 18.8. The van der Waals surface area contributed by atoms with Crippen LogP contribution in [0.5, 0.6) is 5.75 Å². The zero-order valence-electron chi connectivity index (χ0n) is 14.3. The third-order valence-corrected chi connectivity index (χ3v) is 3.41. The minimum Gasteiger partial charge on any atom is -0.406 e. The van der Waals surface area contributed by atoms with Crippen LogP contribution < -0.4 is 4.74 Å². The fourth-order valence-electron chi connectivity index (χ4n) is 2.14. The summed E-state index contributed by atoms with van der Waals surface area (Å²) in [5.41, 5.74) is 2.80. The van der Waals surface area contributed by atoms with Crippen molar-refractivity contribution in [1.82, 2.24) is 0 Å². The molecule has 0 aliphatic rings. The van der Waals surface area contributed by atoms with E-state index in [9.17, 15) is 13.2 Å². The summed E-state index contributed by atoms with van der Waals surface area (Å²) < 4.78 is 40.1. The van der Waals surface area contributed by atoms with Crippen molar-refractivity contribution in [2.75, 3.05) is 0 Å². The molecule has 0 heterocycles. The molecule has 0 unspecified atom stereocenters. The van der Waals surface area contributed by atoms with Gasteiger partial charge in [-0.1, -0.05) is 36.4 Å². The second-order valence-electron chi connectivity index (χ2n) is 5.46. The first-order valence-corrected chi connectivity index (χ1v) is 8.08. The first-order chi connectivity index (χ1) is 12.5. The van der Waals surface area contributed by atoms with Gasteiger partial charge in [0.25, 0.3) is 0 Å². The van der Waals surface area contributed by atoms with Crippen molar-refractivity contribution >= 4 is 12.4 Å². The Labute approximate surface area is 150 Å². The van der Waals surface area contributed by atoms with E-state index in [-0.39, 0.29) is 5.75 Å². The molecule has 2 aromatic rings. The molecule has 0 fully saturated rings. The lowest BCUT2D eigenvalue weighted by atomic mass is 10.1. The van der Waals surface area contributed by atoms with E-state index in [0.717, 1.165) is 18.4 Å². The topological polar surface area (TPSA) is 34.0 Å². The number of ether oxygens (including phenoxy) is 1. The molecule has 136 valence electrons. The van der Waals surface area contributed by atoms with Gasteiger partial charge in [-0.05, 0) is 60.7 Å². The van der Waals surface area contributed by atoms with Crippen molar-refractivity contribution < 1.29 is 17.9 Å². The lowest BCUT2D eigenvalue weighted by Crippen LogP contribution is -2.16. The van der Waals surface area contributed by atoms with Gasteiger partial charge in [-0.2, -0.15) is 10.2 Å². The molecule has 6 heteroatoms. The van der Waals surface area contributed by atoms with Crippen molar-refractivity contribution in [1.29, 1.82) is 0 Å². The first-order valence-electron chi connectivity index (χ1n) is 8.08. The molecule has 26 heavy (non-hydrogen) atoms. The maximum absolute atomic E-state index is 12.1. The highest BCUT2D eigenvalue weighted by Gasteiger charge is 2.30. The number of alkyl halides is 3. The van der Waals surface area contributed by atoms with E-state index >= 15 is 0 Å². The number of aryl methyl sites for hydroxylation is 1. The van der Waals surface area contributed by atoms with Crippen LogP contribution >= 0.6 is 0 Å². The second-order valence-corrected chi connectivity index (χ2v) is 5.46. The number of hydrogen-bond acceptors (Lipinski definition) is 3. The maximum Gasteiger partial charge on any atom is 0.573 e. The van der Waals surface area contributed by atoms with Gasteiger partial charge in [0.05, 0.1) is 12.4 Å². The Hall–Kier alpha value is -2.89. The SMILES string of the molecule is C/C=C/CCc1ccc(/C=N/N=C\c2ccc(OC(F)(F)F)cc2)cc1. The van der Waals surface area contributed by atoms with Gasteiger partial charge in [-0.3, -0.25) is 0 Å². The summed E-state index contributed by atoms with van der Waals surface area (Å²) in [6.07, 6.45) is 4.56. The van der Waals surface area contributed by atoms with E-state index in [4.69, 9.17) is 0 Å². The summed E-state index contributed by atoms with van der Waals surface area (Å²) >= 11 is 0. The average Bonchev–Trinajstić information content (AvgIpc) is 2.60. The van der Waals surface area contributed by atoms with Gasteiger partial charge in [-0.15, -0.1) is 13.2 Å². The standard InChI is InChI=1S/C20H19F3N2O/c1-2-3-4-5-16-6-8-17(9-7-16)14-24-25-15-18-10-12-19(13-11-18)26-20(21,22)23/h2-3,6-15H,4-5H2,1H3/b3-2+,24-14+,25-15-. The van der Waals surface area contributed by atoms with Crippen molar-refractivity contribution in [2.24, 2.45) is 10.2 Å². The number of rotatable bonds is 7. The van der Waals surface area contributed by atoms with Crippen LogP contribution in [0.25, 0.3) is 0 Å². The molecule has 0 radical (unpaired) electrons. The van der Waals surface area contributed by atoms with Crippen LogP contribution in [0.2, 0.25) is 0 Å². The highest BCUT2D eigenvalue weighted by atomic mass is 19.4. The Morgan fingerprint density at radius 3 is 1.92 bits per heavy atom. The van der Waals surface area contributed by atoms with Gasteiger partial charge in [0.15, 0.2) is 0 Å². The van der Waals surface area contributed by atoms with E-state index in [0.29, 0.717) is 5.56 Å². The summed E-state index contributed by atoms with van der Waals surface area (Å²) in [6.45, 7) is 2.00. The molecule has 0 aliphatic carbocycles. The van der Waals surface area contributed by atoms with Crippen molar-refractivity contribution in [2.45, 2.75) is 26.1 Å². The molecular formula is C20H19F3N2O. The van der Waals surface area contributed by atoms with Crippen LogP contribution in [0.15, 0.2) is 70.9 Å². The predicted molar refractivity (Wildman–Crippen MR) is 97.9 cm³/mol. The Morgan fingerprint density at radius 1 is 0.885 bits per heavy atom. The molecule has 0 N–H and O–H groups in total. The van der Waals surface area contributed by atoms with Crippen molar-refractivity contribution in [3.05, 3.63) is 77.4 Å². The molecule has 3 nitrogen and oxygen atoms in total. The van der Waals surface area contributed by atoms with Gasteiger partial charge in [0.1, 0.15) is 5.75 Å². The van der Waals surface area contributed by atoms with E-state index in [1.54, 1.807) is 6.21 Å². The summed E-state index contributed by atoms with van der Waals surface area (Å²) in [6, 6.07) is 13.4. The molecule has 0 saturated heterocycles. The van der Waals surface area contributed by atoms with Gasteiger partial charge >= 0.3 is 6.36 Å². The minimum atomic E-state index is -4.69. The third-order valence-electron chi connectivity index (χ3n) is 3.41. The summed E-state index contributed by atoms with van der Waals surface area (Å²) in [7, 11) is 0. The number of hydrogen-bond donors (Lipinski definition) is 0. The third kappa shape index (κ3) is 7.34. The second kappa shape index (κ2) is 9.56. The van der Waals surface area contributed by atoms with Crippen molar-refractivity contribution in [3.8, 4) is 5.75 Å². The Kier molecular flexibility index (Phi) is 7.14. The van der Waals surface area contributed by atoms with Gasteiger partial charge in [0.2, 0.25) is 0 Å². The highest BCUT2D eigenvalue weighted by molar-refractivity contribution is 5.82. The van der Waals surface area contributed by atoms with Crippen LogP contribution in [0, 0.1) is 0 Å². The summed E-state index contributed by atoms with van der Waals surface area (Å²) in [4.78, 5) is 0. The minimum absolute atomic E-state index is 0.271. The largest absolute Gasteiger partial charge is 0.573 e. The Balaban J connectivity index is 1.87. The monoisotopic (exact) mass is 360 g/mol. The summed E-state index contributed by atoms with van der Waals surface area (Å²) in [5.74, 6) is -0.271. The number of nitrogens with zero attached hydrogens (tertiary/aromatic N) is 2. The lowest BCUT2D eigenvalue weighted by Gasteiger charge is -2.08. The number of allylic oxidation sites excluding steroid dienone is 2. The molecule has 2 rings (SSSR count). The summed E-state index contributed by atoms with van der Waals surface area (Å²) in [5, 5.41) is 7.84. The number of benzene rings is 2. The molecule has 0 aromatic heterocycles. The van der Waals surface area contributed by atoms with Gasteiger partial charge in [0, 0.05) is 0 Å². The van der Waals surface area contributed by atoms with Crippen LogP contribution in [-0.4, -0.2) is 18.8 Å². The highest BCUT2D eigenvalue weighted by Crippen LogP contribution is 2.22. The number of halogens is 3. The van der Waals surface area contributed by atoms with Crippen LogP contribution in [0.4, 0.5) is 13.2 Å². The van der Waals surface area contributed by atoms with E-state index in [1.165, 1.54) is 36.0 Å². The molecule has 0 bridgehead atoms. The van der Waals surface area contributed by atoms with E-state index in [1.807, 2.05) is 37.3 Å². The van der Waals surface area contributed by atoms with Gasteiger partial charge in [-0.25, -0.2) is 0 Å². The van der Waals surface area contributed by atoms with Gasteiger partial charge < -0.3 is 4.74 Å². The van der Waals surface area contributed by atoms with Crippen LogP contribution in [-0.2, 0) is 6.42 Å². The van der Waals surface area contributed by atoms with E-state index < -0.39 is 6.36 Å². The molecule has 0 aliphatic heterocycles.